The molecule has 3 aromatic rings. The Balaban J connectivity index is 1.41. The Morgan fingerprint density at radius 2 is 1.40 bits per heavy atom. The minimum absolute atomic E-state index is 0.190. The van der Waals surface area contributed by atoms with Crippen molar-refractivity contribution in [2.45, 2.75) is 18.3 Å². The van der Waals surface area contributed by atoms with Crippen molar-refractivity contribution in [2.24, 2.45) is 0 Å². The number of ether oxygens (including phenoxy) is 1. The van der Waals surface area contributed by atoms with Gasteiger partial charge in [0.15, 0.2) is 12.4 Å². The minimum atomic E-state index is -0.636. The van der Waals surface area contributed by atoms with Gasteiger partial charge < -0.3 is 10.1 Å². The summed E-state index contributed by atoms with van der Waals surface area (Å²) in [5.74, 6) is -1.07. The number of carbonyl (C=O) groups is 3. The van der Waals surface area contributed by atoms with Crippen molar-refractivity contribution < 1.29 is 19.1 Å². The van der Waals surface area contributed by atoms with E-state index in [2.05, 4.69) is 5.32 Å². The third kappa shape index (κ3) is 4.01. The highest BCUT2D eigenvalue weighted by Gasteiger charge is 2.52. The van der Waals surface area contributed by atoms with Gasteiger partial charge >= 0.3 is 5.97 Å². The van der Waals surface area contributed by atoms with Crippen LogP contribution in [-0.2, 0) is 19.7 Å². The van der Waals surface area contributed by atoms with Gasteiger partial charge in [0.1, 0.15) is 0 Å². The van der Waals surface area contributed by atoms with Crippen molar-refractivity contribution in [1.29, 1.82) is 0 Å². The predicted molar refractivity (Wildman–Crippen MR) is 113 cm³/mol. The SMILES string of the molecule is O=C(COC(=O)C1(c2ccccc2)CC1)Nc1ccccc1C(=O)c1ccccc1. The Bertz CT molecular complexity index is 1070. The molecule has 0 atom stereocenters. The summed E-state index contributed by atoms with van der Waals surface area (Å²) >= 11 is 0. The Morgan fingerprint density at radius 1 is 0.800 bits per heavy atom. The molecule has 1 fully saturated rings. The lowest BCUT2D eigenvalue weighted by Crippen LogP contribution is -2.28. The van der Waals surface area contributed by atoms with Crippen LogP contribution in [0.4, 0.5) is 5.69 Å². The molecule has 1 aliphatic carbocycles. The first-order valence-electron chi connectivity index (χ1n) is 9.81. The molecule has 0 radical (unpaired) electrons. The van der Waals surface area contributed by atoms with Crippen LogP contribution in [0.25, 0.3) is 0 Å². The maximum absolute atomic E-state index is 12.8. The van der Waals surface area contributed by atoms with Crippen LogP contribution in [0.5, 0.6) is 0 Å². The number of benzene rings is 3. The first-order chi connectivity index (χ1) is 14.6. The number of carbonyl (C=O) groups excluding carboxylic acids is 3. The van der Waals surface area contributed by atoms with Crippen LogP contribution in [0.2, 0.25) is 0 Å². The molecular weight excluding hydrogens is 378 g/mol. The molecule has 5 heteroatoms. The minimum Gasteiger partial charge on any atom is -0.455 e. The molecule has 0 spiro atoms. The van der Waals surface area contributed by atoms with Crippen molar-refractivity contribution >= 4 is 23.3 Å². The van der Waals surface area contributed by atoms with E-state index >= 15 is 0 Å². The lowest BCUT2D eigenvalue weighted by Gasteiger charge is -2.15. The van der Waals surface area contributed by atoms with Crippen LogP contribution in [0.3, 0.4) is 0 Å². The van der Waals surface area contributed by atoms with Crippen LogP contribution < -0.4 is 5.32 Å². The monoisotopic (exact) mass is 399 g/mol. The molecule has 30 heavy (non-hydrogen) atoms. The molecule has 4 rings (SSSR count). The fraction of sp³-hybridized carbons (Fsp3) is 0.160. The Kier molecular flexibility index (Phi) is 5.44. The average molecular weight is 399 g/mol. The summed E-state index contributed by atoms with van der Waals surface area (Å²) in [6, 6.07) is 25.1. The highest BCUT2D eigenvalue weighted by molar-refractivity contribution is 6.13. The fourth-order valence-corrected chi connectivity index (χ4v) is 3.48. The average Bonchev–Trinajstić information content (AvgIpc) is 3.61. The van der Waals surface area contributed by atoms with Crippen molar-refractivity contribution in [3.8, 4) is 0 Å². The quantitative estimate of drug-likeness (QED) is 0.479. The highest BCUT2D eigenvalue weighted by Crippen LogP contribution is 2.49. The molecule has 0 heterocycles. The molecule has 0 aliphatic heterocycles. The molecule has 150 valence electrons. The van der Waals surface area contributed by atoms with Gasteiger partial charge in [-0.25, -0.2) is 0 Å². The molecule has 0 aromatic heterocycles. The molecule has 0 bridgehead atoms. The molecule has 3 aromatic carbocycles. The number of hydrogen-bond donors (Lipinski definition) is 1. The third-order valence-corrected chi connectivity index (χ3v) is 5.28. The van der Waals surface area contributed by atoms with Crippen LogP contribution in [0, 0.1) is 0 Å². The number of rotatable bonds is 7. The van der Waals surface area contributed by atoms with Gasteiger partial charge in [0.2, 0.25) is 0 Å². The van der Waals surface area contributed by atoms with E-state index in [9.17, 15) is 14.4 Å². The van der Waals surface area contributed by atoms with E-state index in [1.807, 2.05) is 36.4 Å². The van der Waals surface area contributed by atoms with Gasteiger partial charge in [-0.05, 0) is 30.5 Å². The normalized spacial score (nSPS) is 13.9. The van der Waals surface area contributed by atoms with E-state index < -0.39 is 23.9 Å². The largest absolute Gasteiger partial charge is 0.455 e. The maximum atomic E-state index is 12.8. The van der Waals surface area contributed by atoms with E-state index in [0.29, 0.717) is 29.7 Å². The highest BCUT2D eigenvalue weighted by atomic mass is 16.5. The summed E-state index contributed by atoms with van der Waals surface area (Å²) in [7, 11) is 0. The molecular formula is C25H21NO4. The molecule has 0 unspecified atom stereocenters. The number of para-hydroxylation sites is 1. The summed E-state index contributed by atoms with van der Waals surface area (Å²) < 4.78 is 5.31. The van der Waals surface area contributed by atoms with E-state index in [-0.39, 0.29) is 5.78 Å². The lowest BCUT2D eigenvalue weighted by molar-refractivity contribution is -0.150. The Hall–Kier alpha value is -3.73. The lowest BCUT2D eigenvalue weighted by atomic mass is 9.96. The maximum Gasteiger partial charge on any atom is 0.317 e. The van der Waals surface area contributed by atoms with E-state index in [0.717, 1.165) is 5.56 Å². The van der Waals surface area contributed by atoms with Gasteiger partial charge in [-0.2, -0.15) is 0 Å². The van der Waals surface area contributed by atoms with Gasteiger partial charge in [-0.1, -0.05) is 72.8 Å². The molecule has 0 saturated heterocycles. The molecule has 1 amide bonds. The van der Waals surface area contributed by atoms with Crippen molar-refractivity contribution in [2.75, 3.05) is 11.9 Å². The summed E-state index contributed by atoms with van der Waals surface area (Å²) in [5.41, 5.74) is 1.57. The van der Waals surface area contributed by atoms with Crippen molar-refractivity contribution in [3.63, 3.8) is 0 Å². The summed E-state index contributed by atoms with van der Waals surface area (Å²) in [6.45, 7) is -0.402. The zero-order chi connectivity index (χ0) is 21.0. The van der Waals surface area contributed by atoms with E-state index in [1.165, 1.54) is 0 Å². The number of anilines is 1. The summed E-state index contributed by atoms with van der Waals surface area (Å²) in [5, 5.41) is 2.69. The molecule has 5 nitrogen and oxygen atoms in total. The number of hydrogen-bond acceptors (Lipinski definition) is 4. The van der Waals surface area contributed by atoms with Crippen LogP contribution in [0.15, 0.2) is 84.9 Å². The number of nitrogens with one attached hydrogen (secondary N) is 1. The Labute approximate surface area is 174 Å². The second kappa shape index (κ2) is 8.33. The van der Waals surface area contributed by atoms with Crippen molar-refractivity contribution in [3.05, 3.63) is 102 Å². The van der Waals surface area contributed by atoms with Crippen LogP contribution in [-0.4, -0.2) is 24.3 Å². The number of esters is 1. The molecule has 1 aliphatic rings. The number of amides is 1. The van der Waals surface area contributed by atoms with Gasteiger partial charge in [0.05, 0.1) is 11.1 Å². The Morgan fingerprint density at radius 3 is 2.07 bits per heavy atom. The van der Waals surface area contributed by atoms with Crippen LogP contribution >= 0.6 is 0 Å². The zero-order valence-electron chi connectivity index (χ0n) is 16.3. The zero-order valence-corrected chi connectivity index (χ0v) is 16.3. The first-order valence-corrected chi connectivity index (χ1v) is 9.81. The fourth-order valence-electron chi connectivity index (χ4n) is 3.48. The second-order valence-electron chi connectivity index (χ2n) is 7.31. The van der Waals surface area contributed by atoms with Gasteiger partial charge in [-0.15, -0.1) is 0 Å². The van der Waals surface area contributed by atoms with Crippen LogP contribution in [0.1, 0.15) is 34.3 Å². The number of ketones is 1. The summed E-state index contributed by atoms with van der Waals surface area (Å²) in [6.07, 6.45) is 1.43. The first kappa shape index (κ1) is 19.6. The van der Waals surface area contributed by atoms with Gasteiger partial charge in [0, 0.05) is 11.1 Å². The second-order valence-corrected chi connectivity index (χ2v) is 7.31. The molecule has 1 saturated carbocycles. The van der Waals surface area contributed by atoms with E-state index in [1.54, 1.807) is 48.5 Å². The van der Waals surface area contributed by atoms with Crippen molar-refractivity contribution in [1.82, 2.24) is 0 Å². The standard InChI is InChI=1S/C25H21NO4/c27-22(17-30-24(29)25(15-16-25)19-11-5-2-6-12-19)26-21-14-8-7-13-20(21)23(28)18-9-3-1-4-10-18/h1-14H,15-17H2,(H,26,27). The predicted octanol–water partition coefficient (Wildman–Crippen LogP) is 4.13. The van der Waals surface area contributed by atoms with E-state index in [4.69, 9.17) is 4.74 Å². The topological polar surface area (TPSA) is 72.5 Å². The summed E-state index contributed by atoms with van der Waals surface area (Å²) in [4.78, 5) is 37.8. The molecule has 1 N–H and O–H groups in total. The van der Waals surface area contributed by atoms with Gasteiger partial charge in [-0.3, -0.25) is 14.4 Å². The third-order valence-electron chi connectivity index (χ3n) is 5.28. The van der Waals surface area contributed by atoms with Gasteiger partial charge in [0.25, 0.3) is 5.91 Å². The smallest absolute Gasteiger partial charge is 0.317 e.